The summed E-state index contributed by atoms with van der Waals surface area (Å²) in [5.41, 5.74) is 1.46. The van der Waals surface area contributed by atoms with E-state index in [1.54, 1.807) is 13.0 Å². The van der Waals surface area contributed by atoms with Crippen molar-refractivity contribution < 1.29 is 30.0 Å². The van der Waals surface area contributed by atoms with Crippen molar-refractivity contribution >= 4 is 12.1 Å². The molecule has 0 aliphatic carbocycles. The minimum Gasteiger partial charge on any atom is -0.507 e. The molecule has 0 saturated heterocycles. The van der Waals surface area contributed by atoms with Crippen molar-refractivity contribution in [3.05, 3.63) is 28.8 Å². The number of carbonyl (C=O) groups is 2. The average molecular weight is 228 g/mol. The van der Waals surface area contributed by atoms with Crippen LogP contribution in [-0.2, 0) is 0 Å². The number of hydrogen-bond acceptors (Lipinski definition) is 3. The lowest BCUT2D eigenvalue weighted by molar-refractivity contribution is 0.0693. The van der Waals surface area contributed by atoms with Crippen LogP contribution in [-0.4, -0.2) is 32.6 Å². The average Bonchev–Trinajstić information content (AvgIpc) is 2.13. The SMILES string of the molecule is Cc1ccc(C(=O)O)c(O)c1C.O=C(O)O. The fourth-order valence-corrected chi connectivity index (χ4v) is 0.974. The van der Waals surface area contributed by atoms with E-state index in [2.05, 4.69) is 0 Å². The van der Waals surface area contributed by atoms with E-state index >= 15 is 0 Å². The van der Waals surface area contributed by atoms with Gasteiger partial charge in [-0.2, -0.15) is 0 Å². The van der Waals surface area contributed by atoms with Crippen molar-refractivity contribution in [2.75, 3.05) is 0 Å². The Morgan fingerprint density at radius 1 is 1.06 bits per heavy atom. The molecule has 1 aromatic rings. The number of aromatic hydroxyl groups is 1. The Kier molecular flexibility index (Phi) is 4.81. The molecule has 6 nitrogen and oxygen atoms in total. The largest absolute Gasteiger partial charge is 0.507 e. The third-order valence-electron chi connectivity index (χ3n) is 1.93. The van der Waals surface area contributed by atoms with Gasteiger partial charge < -0.3 is 20.4 Å². The first kappa shape index (κ1) is 13.8. The number of rotatable bonds is 1. The van der Waals surface area contributed by atoms with Gasteiger partial charge in [-0.25, -0.2) is 9.59 Å². The maximum absolute atomic E-state index is 10.5. The van der Waals surface area contributed by atoms with E-state index < -0.39 is 12.1 Å². The Bertz CT molecular complexity index is 406. The maximum atomic E-state index is 10.5. The number of carboxylic acids is 1. The molecule has 6 heteroatoms. The lowest BCUT2D eigenvalue weighted by Crippen LogP contribution is -1.98. The van der Waals surface area contributed by atoms with Crippen LogP contribution in [0.3, 0.4) is 0 Å². The van der Waals surface area contributed by atoms with Crippen molar-refractivity contribution in [2.45, 2.75) is 13.8 Å². The molecule has 0 aliphatic heterocycles. The number of hydrogen-bond donors (Lipinski definition) is 4. The van der Waals surface area contributed by atoms with E-state index in [1.165, 1.54) is 6.07 Å². The minimum absolute atomic E-state index is 0.0434. The molecule has 0 aromatic heterocycles. The van der Waals surface area contributed by atoms with Gasteiger partial charge in [0.1, 0.15) is 11.3 Å². The molecule has 16 heavy (non-hydrogen) atoms. The van der Waals surface area contributed by atoms with Crippen molar-refractivity contribution in [1.82, 2.24) is 0 Å². The zero-order valence-corrected chi connectivity index (χ0v) is 8.76. The molecule has 1 rings (SSSR count). The van der Waals surface area contributed by atoms with Crippen molar-refractivity contribution in [3.63, 3.8) is 0 Å². The zero-order chi connectivity index (χ0) is 12.9. The highest BCUT2D eigenvalue weighted by atomic mass is 16.6. The lowest BCUT2D eigenvalue weighted by atomic mass is 10.0. The van der Waals surface area contributed by atoms with Crippen LogP contribution in [0.4, 0.5) is 4.79 Å². The van der Waals surface area contributed by atoms with Gasteiger partial charge in [0.25, 0.3) is 0 Å². The van der Waals surface area contributed by atoms with Gasteiger partial charge in [0.2, 0.25) is 0 Å². The number of aryl methyl sites for hydroxylation is 1. The van der Waals surface area contributed by atoms with E-state index in [1.807, 2.05) is 6.92 Å². The summed E-state index contributed by atoms with van der Waals surface area (Å²) in [5, 5.41) is 31.9. The predicted octanol–water partition coefficient (Wildman–Crippen LogP) is 1.93. The Labute approximate surface area is 91.4 Å². The molecule has 0 bridgehead atoms. The van der Waals surface area contributed by atoms with Gasteiger partial charge in [0.05, 0.1) is 0 Å². The number of aromatic carboxylic acids is 1. The number of phenols is 1. The minimum atomic E-state index is -1.83. The molecule has 4 N–H and O–H groups in total. The summed E-state index contributed by atoms with van der Waals surface area (Å²) in [5.74, 6) is -1.24. The third kappa shape index (κ3) is 3.87. The molecule has 0 amide bonds. The Morgan fingerprint density at radius 3 is 1.88 bits per heavy atom. The molecule has 88 valence electrons. The van der Waals surface area contributed by atoms with Gasteiger partial charge in [-0.1, -0.05) is 6.07 Å². The highest BCUT2D eigenvalue weighted by molar-refractivity contribution is 5.91. The Balaban J connectivity index is 0.000000487. The first-order valence-electron chi connectivity index (χ1n) is 4.21. The van der Waals surface area contributed by atoms with E-state index in [4.69, 9.17) is 20.1 Å². The Hall–Kier alpha value is -2.24. The van der Waals surface area contributed by atoms with E-state index in [0.29, 0.717) is 5.56 Å². The molecule has 0 atom stereocenters. The van der Waals surface area contributed by atoms with E-state index in [-0.39, 0.29) is 11.3 Å². The van der Waals surface area contributed by atoms with Crippen molar-refractivity contribution in [1.29, 1.82) is 0 Å². The second-order valence-corrected chi connectivity index (χ2v) is 2.99. The summed E-state index contributed by atoms with van der Waals surface area (Å²) in [6.45, 7) is 3.51. The van der Waals surface area contributed by atoms with Gasteiger partial charge in [0.15, 0.2) is 0 Å². The molecular weight excluding hydrogens is 216 g/mol. The van der Waals surface area contributed by atoms with Crippen LogP contribution in [0.15, 0.2) is 12.1 Å². The molecule has 0 heterocycles. The molecule has 0 radical (unpaired) electrons. The van der Waals surface area contributed by atoms with Gasteiger partial charge in [-0.3, -0.25) is 0 Å². The van der Waals surface area contributed by atoms with Crippen molar-refractivity contribution in [3.8, 4) is 5.75 Å². The summed E-state index contributed by atoms with van der Waals surface area (Å²) in [6.07, 6.45) is -1.83. The van der Waals surface area contributed by atoms with E-state index in [9.17, 15) is 9.90 Å². The first-order chi connectivity index (χ1) is 7.27. The summed E-state index contributed by atoms with van der Waals surface area (Å²) in [4.78, 5) is 19.1. The van der Waals surface area contributed by atoms with Gasteiger partial charge in [-0.15, -0.1) is 0 Å². The number of carboxylic acid groups (broad SMARTS) is 3. The summed E-state index contributed by atoms with van der Waals surface area (Å²) in [7, 11) is 0. The second-order valence-electron chi connectivity index (χ2n) is 2.99. The molecular formula is C10H12O6. The molecule has 0 unspecified atom stereocenters. The maximum Gasteiger partial charge on any atom is 0.503 e. The van der Waals surface area contributed by atoms with Gasteiger partial charge in [-0.05, 0) is 31.0 Å². The first-order valence-corrected chi connectivity index (χ1v) is 4.21. The predicted molar refractivity (Wildman–Crippen MR) is 55.2 cm³/mol. The highest BCUT2D eigenvalue weighted by Crippen LogP contribution is 2.24. The third-order valence-corrected chi connectivity index (χ3v) is 1.93. The number of benzene rings is 1. The fourth-order valence-electron chi connectivity index (χ4n) is 0.974. The monoisotopic (exact) mass is 228 g/mol. The quantitative estimate of drug-likeness (QED) is 0.583. The van der Waals surface area contributed by atoms with Crippen LogP contribution >= 0.6 is 0 Å². The van der Waals surface area contributed by atoms with Crippen LogP contribution in [0.2, 0.25) is 0 Å². The van der Waals surface area contributed by atoms with E-state index in [0.717, 1.165) is 5.56 Å². The van der Waals surface area contributed by atoms with Crippen LogP contribution in [0, 0.1) is 13.8 Å². The standard InChI is InChI=1S/C9H10O3.CH2O3/c1-5-3-4-7(9(11)12)8(10)6(5)2;2-1(3)4/h3-4,10H,1-2H3,(H,11,12);(H2,2,3,4). The molecule has 0 aliphatic rings. The smallest absolute Gasteiger partial charge is 0.503 e. The summed E-state index contributed by atoms with van der Waals surface area (Å²) < 4.78 is 0. The van der Waals surface area contributed by atoms with Gasteiger partial charge >= 0.3 is 12.1 Å². The zero-order valence-electron chi connectivity index (χ0n) is 8.76. The van der Waals surface area contributed by atoms with Crippen LogP contribution < -0.4 is 0 Å². The summed E-state index contributed by atoms with van der Waals surface area (Å²) >= 11 is 0. The molecule has 0 saturated carbocycles. The Morgan fingerprint density at radius 2 is 1.50 bits per heavy atom. The van der Waals surface area contributed by atoms with Crippen LogP contribution in [0.1, 0.15) is 21.5 Å². The topological polar surface area (TPSA) is 115 Å². The van der Waals surface area contributed by atoms with Crippen LogP contribution in [0.25, 0.3) is 0 Å². The van der Waals surface area contributed by atoms with Crippen molar-refractivity contribution in [2.24, 2.45) is 0 Å². The molecule has 1 aromatic carbocycles. The fraction of sp³-hybridized carbons (Fsp3) is 0.200. The molecule has 0 spiro atoms. The molecule has 0 fully saturated rings. The lowest BCUT2D eigenvalue weighted by Gasteiger charge is -2.05. The highest BCUT2D eigenvalue weighted by Gasteiger charge is 2.11. The normalized spacial score (nSPS) is 8.88. The van der Waals surface area contributed by atoms with Crippen LogP contribution in [0.5, 0.6) is 5.75 Å². The second kappa shape index (κ2) is 5.59. The van der Waals surface area contributed by atoms with Gasteiger partial charge in [0, 0.05) is 0 Å². The summed E-state index contributed by atoms with van der Waals surface area (Å²) in [6, 6.07) is 3.08.